The monoisotopic (exact) mass is 217 g/mol. The van der Waals surface area contributed by atoms with Gasteiger partial charge in [0.2, 0.25) is 0 Å². The van der Waals surface area contributed by atoms with Crippen LogP contribution in [0.25, 0.3) is 11.1 Å². The standard InChI is InChI=1S/C13H12FNO/c1-8-3-2-4-10(13(8)14)9-5-6-11(15)12(16)7-9/h2-7,16H,15H2,1H3. The number of aromatic hydroxyl groups is 1. The fourth-order valence-corrected chi connectivity index (χ4v) is 1.58. The summed E-state index contributed by atoms with van der Waals surface area (Å²) in [6.45, 7) is 1.70. The van der Waals surface area contributed by atoms with Crippen LogP contribution in [0.1, 0.15) is 5.56 Å². The van der Waals surface area contributed by atoms with E-state index in [4.69, 9.17) is 5.73 Å². The van der Waals surface area contributed by atoms with Gasteiger partial charge in [-0.2, -0.15) is 0 Å². The molecule has 82 valence electrons. The first-order valence-electron chi connectivity index (χ1n) is 4.93. The quantitative estimate of drug-likeness (QED) is 0.569. The van der Waals surface area contributed by atoms with E-state index in [0.717, 1.165) is 0 Å². The number of hydrogen-bond acceptors (Lipinski definition) is 2. The second kappa shape index (κ2) is 3.85. The Morgan fingerprint density at radius 1 is 1.19 bits per heavy atom. The van der Waals surface area contributed by atoms with Gasteiger partial charge in [-0.05, 0) is 30.2 Å². The number of phenols is 1. The van der Waals surface area contributed by atoms with Crippen molar-refractivity contribution in [2.75, 3.05) is 5.73 Å². The Morgan fingerprint density at radius 2 is 1.94 bits per heavy atom. The molecule has 0 saturated carbocycles. The minimum absolute atomic E-state index is 0.0293. The molecule has 2 aromatic carbocycles. The number of rotatable bonds is 1. The summed E-state index contributed by atoms with van der Waals surface area (Å²) in [5.74, 6) is -0.301. The minimum Gasteiger partial charge on any atom is -0.506 e. The molecule has 0 spiro atoms. The molecule has 0 aromatic heterocycles. The van der Waals surface area contributed by atoms with Gasteiger partial charge in [0.15, 0.2) is 0 Å². The second-order valence-corrected chi connectivity index (χ2v) is 3.71. The Labute approximate surface area is 93.2 Å². The van der Waals surface area contributed by atoms with Crippen LogP contribution in [0.2, 0.25) is 0 Å². The lowest BCUT2D eigenvalue weighted by molar-refractivity contribution is 0.478. The molecule has 16 heavy (non-hydrogen) atoms. The number of hydrogen-bond donors (Lipinski definition) is 2. The number of aryl methyl sites for hydroxylation is 1. The Bertz CT molecular complexity index is 537. The van der Waals surface area contributed by atoms with E-state index in [2.05, 4.69) is 0 Å². The minimum atomic E-state index is -0.272. The third-order valence-corrected chi connectivity index (χ3v) is 2.53. The van der Waals surface area contributed by atoms with Gasteiger partial charge in [0, 0.05) is 5.56 Å². The van der Waals surface area contributed by atoms with Crippen molar-refractivity contribution < 1.29 is 9.50 Å². The van der Waals surface area contributed by atoms with E-state index in [1.165, 1.54) is 6.07 Å². The zero-order valence-corrected chi connectivity index (χ0v) is 8.87. The first-order chi connectivity index (χ1) is 7.59. The molecular weight excluding hydrogens is 205 g/mol. The molecule has 0 atom stereocenters. The van der Waals surface area contributed by atoms with Crippen molar-refractivity contribution in [3.8, 4) is 16.9 Å². The third kappa shape index (κ3) is 1.72. The van der Waals surface area contributed by atoms with Gasteiger partial charge in [-0.25, -0.2) is 4.39 Å². The molecule has 0 saturated heterocycles. The second-order valence-electron chi connectivity index (χ2n) is 3.71. The summed E-state index contributed by atoms with van der Waals surface area (Å²) in [6, 6.07) is 9.87. The number of anilines is 1. The normalized spacial score (nSPS) is 10.4. The van der Waals surface area contributed by atoms with Crippen LogP contribution in [-0.4, -0.2) is 5.11 Å². The van der Waals surface area contributed by atoms with E-state index in [9.17, 15) is 9.50 Å². The Kier molecular flexibility index (Phi) is 2.52. The predicted octanol–water partition coefficient (Wildman–Crippen LogP) is 3.09. The van der Waals surface area contributed by atoms with E-state index in [1.807, 2.05) is 0 Å². The summed E-state index contributed by atoms with van der Waals surface area (Å²) in [7, 11) is 0. The zero-order valence-electron chi connectivity index (χ0n) is 8.87. The van der Waals surface area contributed by atoms with Crippen LogP contribution in [0.15, 0.2) is 36.4 Å². The van der Waals surface area contributed by atoms with E-state index in [-0.39, 0.29) is 17.3 Å². The molecule has 0 aliphatic carbocycles. The molecule has 3 heteroatoms. The van der Waals surface area contributed by atoms with Crippen LogP contribution in [0.3, 0.4) is 0 Å². The van der Waals surface area contributed by atoms with Gasteiger partial charge in [-0.1, -0.05) is 24.3 Å². The van der Waals surface area contributed by atoms with Gasteiger partial charge >= 0.3 is 0 Å². The Morgan fingerprint density at radius 3 is 2.62 bits per heavy atom. The molecule has 0 aliphatic rings. The predicted molar refractivity (Wildman–Crippen MR) is 62.7 cm³/mol. The van der Waals surface area contributed by atoms with Crippen LogP contribution < -0.4 is 5.73 Å². The van der Waals surface area contributed by atoms with Gasteiger partial charge < -0.3 is 10.8 Å². The number of nitrogens with two attached hydrogens (primary N) is 1. The Hall–Kier alpha value is -2.03. The fourth-order valence-electron chi connectivity index (χ4n) is 1.58. The largest absolute Gasteiger partial charge is 0.506 e. The highest BCUT2D eigenvalue weighted by Crippen LogP contribution is 2.30. The van der Waals surface area contributed by atoms with Crippen LogP contribution >= 0.6 is 0 Å². The van der Waals surface area contributed by atoms with Gasteiger partial charge in [0.1, 0.15) is 11.6 Å². The first-order valence-corrected chi connectivity index (χ1v) is 4.93. The van der Waals surface area contributed by atoms with Crippen molar-refractivity contribution in [2.24, 2.45) is 0 Å². The van der Waals surface area contributed by atoms with Crippen LogP contribution in [0.4, 0.5) is 10.1 Å². The molecule has 0 heterocycles. The smallest absolute Gasteiger partial charge is 0.139 e. The summed E-state index contributed by atoms with van der Waals surface area (Å²) >= 11 is 0. The molecule has 2 aromatic rings. The van der Waals surface area contributed by atoms with Crippen LogP contribution in [0.5, 0.6) is 5.75 Å². The fraction of sp³-hybridized carbons (Fsp3) is 0.0769. The molecule has 0 radical (unpaired) electrons. The number of benzene rings is 2. The molecule has 0 bridgehead atoms. The van der Waals surface area contributed by atoms with Crippen molar-refractivity contribution in [1.29, 1.82) is 0 Å². The number of nitrogen functional groups attached to an aromatic ring is 1. The van der Waals surface area contributed by atoms with Gasteiger partial charge in [0.25, 0.3) is 0 Å². The summed E-state index contributed by atoms with van der Waals surface area (Å²) < 4.78 is 13.8. The summed E-state index contributed by atoms with van der Waals surface area (Å²) in [5.41, 5.74) is 7.44. The lowest BCUT2D eigenvalue weighted by Crippen LogP contribution is -1.90. The lowest BCUT2D eigenvalue weighted by Gasteiger charge is -2.07. The molecule has 3 N–H and O–H groups in total. The first kappa shape index (κ1) is 10.5. The lowest BCUT2D eigenvalue weighted by atomic mass is 10.0. The van der Waals surface area contributed by atoms with Crippen LogP contribution in [-0.2, 0) is 0 Å². The summed E-state index contributed by atoms with van der Waals surface area (Å²) in [4.78, 5) is 0. The van der Waals surface area contributed by atoms with Crippen molar-refractivity contribution in [1.82, 2.24) is 0 Å². The molecule has 2 nitrogen and oxygen atoms in total. The average Bonchev–Trinajstić information content (AvgIpc) is 2.26. The molecule has 0 fully saturated rings. The van der Waals surface area contributed by atoms with Crippen molar-refractivity contribution in [2.45, 2.75) is 6.92 Å². The summed E-state index contributed by atoms with van der Waals surface area (Å²) in [6.07, 6.45) is 0. The molecule has 0 amide bonds. The highest BCUT2D eigenvalue weighted by Gasteiger charge is 2.08. The SMILES string of the molecule is Cc1cccc(-c2ccc(N)c(O)c2)c1F. The van der Waals surface area contributed by atoms with Crippen LogP contribution in [0, 0.1) is 12.7 Å². The Balaban J connectivity index is 2.59. The molecule has 0 aliphatic heterocycles. The zero-order chi connectivity index (χ0) is 11.7. The van der Waals surface area contributed by atoms with Gasteiger partial charge in [0.05, 0.1) is 5.69 Å². The third-order valence-electron chi connectivity index (χ3n) is 2.53. The maximum Gasteiger partial charge on any atom is 0.139 e. The summed E-state index contributed by atoms with van der Waals surface area (Å²) in [5, 5.41) is 9.47. The maximum atomic E-state index is 13.8. The van der Waals surface area contributed by atoms with Gasteiger partial charge in [-0.3, -0.25) is 0 Å². The average molecular weight is 217 g/mol. The highest BCUT2D eigenvalue weighted by atomic mass is 19.1. The van der Waals surface area contributed by atoms with E-state index < -0.39 is 0 Å². The number of halogens is 1. The highest BCUT2D eigenvalue weighted by molar-refractivity contribution is 5.70. The molecule has 2 rings (SSSR count). The van der Waals surface area contributed by atoms with E-state index in [0.29, 0.717) is 16.7 Å². The van der Waals surface area contributed by atoms with Crippen molar-refractivity contribution >= 4 is 5.69 Å². The maximum absolute atomic E-state index is 13.8. The van der Waals surface area contributed by atoms with E-state index in [1.54, 1.807) is 37.3 Å². The van der Waals surface area contributed by atoms with E-state index >= 15 is 0 Å². The molecular formula is C13H12FNO. The van der Waals surface area contributed by atoms with Crippen molar-refractivity contribution in [3.05, 3.63) is 47.8 Å². The van der Waals surface area contributed by atoms with Crippen molar-refractivity contribution in [3.63, 3.8) is 0 Å². The molecule has 0 unspecified atom stereocenters. The topological polar surface area (TPSA) is 46.2 Å². The number of phenolic OH excluding ortho intramolecular Hbond substituents is 1. The van der Waals surface area contributed by atoms with Gasteiger partial charge in [-0.15, -0.1) is 0 Å².